The molecule has 1 aliphatic rings. The zero-order chi connectivity index (χ0) is 15.0. The van der Waals surface area contributed by atoms with E-state index < -0.39 is 9.84 Å². The summed E-state index contributed by atoms with van der Waals surface area (Å²) in [5, 5.41) is 2.90. The molecule has 0 aliphatic carbocycles. The Labute approximate surface area is 122 Å². The molecule has 7 nitrogen and oxygen atoms in total. The molecule has 1 fully saturated rings. The van der Waals surface area contributed by atoms with Crippen molar-refractivity contribution in [2.75, 3.05) is 11.5 Å². The maximum absolute atomic E-state index is 12.4. The first-order chi connectivity index (χ1) is 9.96. The van der Waals surface area contributed by atoms with Gasteiger partial charge in [-0.2, -0.15) is 0 Å². The van der Waals surface area contributed by atoms with Gasteiger partial charge in [0.2, 0.25) is 5.78 Å². The summed E-state index contributed by atoms with van der Waals surface area (Å²) in [4.78, 5) is 20.8. The Morgan fingerprint density at radius 2 is 2.10 bits per heavy atom. The van der Waals surface area contributed by atoms with Crippen molar-refractivity contribution in [3.05, 3.63) is 29.8 Å². The molecule has 112 valence electrons. The number of aryl methyl sites for hydroxylation is 1. The van der Waals surface area contributed by atoms with E-state index in [1.54, 1.807) is 29.8 Å². The Balaban J connectivity index is 1.80. The van der Waals surface area contributed by atoms with Crippen molar-refractivity contribution in [2.24, 2.45) is 0 Å². The van der Waals surface area contributed by atoms with Crippen LogP contribution in [0.15, 0.2) is 18.5 Å². The highest BCUT2D eigenvalue weighted by Gasteiger charge is 2.26. The molecule has 0 aromatic carbocycles. The number of fused-ring (bicyclic) bond motifs is 1. The van der Waals surface area contributed by atoms with Crippen LogP contribution in [0, 0.1) is 6.92 Å². The van der Waals surface area contributed by atoms with Gasteiger partial charge in [-0.25, -0.2) is 18.4 Å². The average Bonchev–Trinajstić information content (AvgIpc) is 2.77. The van der Waals surface area contributed by atoms with Gasteiger partial charge in [0.25, 0.3) is 5.91 Å². The highest BCUT2D eigenvalue weighted by molar-refractivity contribution is 7.91. The fourth-order valence-electron chi connectivity index (χ4n) is 2.56. The minimum atomic E-state index is -2.93. The van der Waals surface area contributed by atoms with E-state index in [-0.39, 0.29) is 23.5 Å². The molecule has 3 heterocycles. The summed E-state index contributed by atoms with van der Waals surface area (Å²) in [6.45, 7) is 1.76. The molecule has 1 N–H and O–H groups in total. The molecule has 2 aromatic rings. The van der Waals surface area contributed by atoms with Crippen molar-refractivity contribution < 1.29 is 13.2 Å². The van der Waals surface area contributed by atoms with Crippen LogP contribution in [0.3, 0.4) is 0 Å². The van der Waals surface area contributed by atoms with Gasteiger partial charge in [0.05, 0.1) is 17.2 Å². The first-order valence-electron chi connectivity index (χ1n) is 6.77. The summed E-state index contributed by atoms with van der Waals surface area (Å²) in [6.07, 6.45) is 4.28. The minimum Gasteiger partial charge on any atom is -0.348 e. The van der Waals surface area contributed by atoms with Gasteiger partial charge in [0, 0.05) is 18.4 Å². The van der Waals surface area contributed by atoms with Crippen LogP contribution in [0.5, 0.6) is 0 Å². The third kappa shape index (κ3) is 2.76. The number of nitrogens with one attached hydrogen (secondary N) is 1. The fraction of sp³-hybridized carbons (Fsp3) is 0.462. The molecule has 1 saturated heterocycles. The number of hydrogen-bond donors (Lipinski definition) is 1. The summed E-state index contributed by atoms with van der Waals surface area (Å²) in [5.41, 5.74) is 1.06. The summed E-state index contributed by atoms with van der Waals surface area (Å²) in [7, 11) is -2.93. The van der Waals surface area contributed by atoms with Crippen molar-refractivity contribution >= 4 is 21.5 Å². The number of sulfone groups is 1. The first kappa shape index (κ1) is 14.0. The lowest BCUT2D eigenvalue weighted by Gasteiger charge is -2.22. The molecule has 3 rings (SSSR count). The van der Waals surface area contributed by atoms with Gasteiger partial charge < -0.3 is 5.32 Å². The van der Waals surface area contributed by atoms with Crippen LogP contribution in [-0.2, 0) is 9.84 Å². The maximum Gasteiger partial charge on any atom is 0.270 e. The fourth-order valence-corrected chi connectivity index (χ4v) is 4.05. The molecule has 8 heteroatoms. The van der Waals surface area contributed by atoms with Crippen molar-refractivity contribution in [2.45, 2.75) is 25.8 Å². The number of nitrogens with zero attached hydrogens (tertiary/aromatic N) is 3. The summed E-state index contributed by atoms with van der Waals surface area (Å²) >= 11 is 0. The number of carbonyl (C=O) groups is 1. The molecule has 0 saturated carbocycles. The maximum atomic E-state index is 12.4. The summed E-state index contributed by atoms with van der Waals surface area (Å²) in [6, 6.07) is 1.63. The van der Waals surface area contributed by atoms with E-state index in [1.807, 2.05) is 0 Å². The minimum absolute atomic E-state index is 0.109. The van der Waals surface area contributed by atoms with E-state index in [9.17, 15) is 13.2 Å². The van der Waals surface area contributed by atoms with Crippen molar-refractivity contribution in [1.82, 2.24) is 19.7 Å². The van der Waals surface area contributed by atoms with Crippen molar-refractivity contribution in [3.8, 4) is 0 Å². The Hall–Kier alpha value is -1.96. The van der Waals surface area contributed by atoms with E-state index in [0.717, 1.165) is 0 Å². The van der Waals surface area contributed by atoms with Gasteiger partial charge >= 0.3 is 0 Å². The molecule has 21 heavy (non-hydrogen) atoms. The van der Waals surface area contributed by atoms with Crippen LogP contribution in [0.25, 0.3) is 5.78 Å². The largest absolute Gasteiger partial charge is 0.348 e. The molecule has 1 aliphatic heterocycles. The normalized spacial score (nSPS) is 18.7. The van der Waals surface area contributed by atoms with Crippen molar-refractivity contribution in [3.63, 3.8) is 0 Å². The Kier molecular flexibility index (Phi) is 3.40. The molecule has 1 amide bonds. The monoisotopic (exact) mass is 308 g/mol. The van der Waals surface area contributed by atoms with Crippen LogP contribution in [-0.4, -0.2) is 46.2 Å². The Morgan fingerprint density at radius 1 is 1.38 bits per heavy atom. The van der Waals surface area contributed by atoms with E-state index in [2.05, 4.69) is 15.3 Å². The van der Waals surface area contributed by atoms with E-state index in [1.165, 1.54) is 0 Å². The van der Waals surface area contributed by atoms with Crippen LogP contribution >= 0.6 is 0 Å². The average molecular weight is 308 g/mol. The molecule has 0 radical (unpaired) electrons. The van der Waals surface area contributed by atoms with Gasteiger partial charge in [0.1, 0.15) is 15.5 Å². The lowest BCUT2D eigenvalue weighted by atomic mass is 10.1. The highest BCUT2D eigenvalue weighted by Crippen LogP contribution is 2.14. The zero-order valence-electron chi connectivity index (χ0n) is 11.6. The third-order valence-electron chi connectivity index (χ3n) is 3.68. The van der Waals surface area contributed by atoms with Gasteiger partial charge in [-0.1, -0.05) is 0 Å². The molecular weight excluding hydrogens is 292 g/mol. The Bertz CT molecular complexity index is 783. The van der Waals surface area contributed by atoms with E-state index in [0.29, 0.717) is 30.0 Å². The van der Waals surface area contributed by atoms with Gasteiger partial charge in [-0.3, -0.25) is 9.20 Å². The van der Waals surface area contributed by atoms with Gasteiger partial charge in [0.15, 0.2) is 0 Å². The van der Waals surface area contributed by atoms with Gasteiger partial charge in [-0.05, 0) is 25.8 Å². The number of amides is 1. The number of carbonyl (C=O) groups excluding carboxylic acids is 1. The number of aromatic nitrogens is 3. The zero-order valence-corrected chi connectivity index (χ0v) is 12.4. The number of imidazole rings is 1. The lowest BCUT2D eigenvalue weighted by molar-refractivity contribution is 0.0927. The lowest BCUT2D eigenvalue weighted by Crippen LogP contribution is -2.41. The van der Waals surface area contributed by atoms with Crippen LogP contribution in [0.2, 0.25) is 0 Å². The molecule has 0 bridgehead atoms. The molecule has 0 atom stereocenters. The predicted octanol–water partition coefficient (Wildman–Crippen LogP) is 0.345. The number of hydrogen-bond acceptors (Lipinski definition) is 5. The standard InChI is InChI=1S/C13H16N4O3S/c1-9-11(17-6-2-5-14-13(17)15-9)12(18)16-10-3-7-21(19,20)8-4-10/h2,5-6,10H,3-4,7-8H2,1H3,(H,16,18). The van der Waals surface area contributed by atoms with Crippen LogP contribution < -0.4 is 5.32 Å². The summed E-state index contributed by atoms with van der Waals surface area (Å²) < 4.78 is 24.5. The smallest absolute Gasteiger partial charge is 0.270 e. The van der Waals surface area contributed by atoms with Crippen molar-refractivity contribution in [1.29, 1.82) is 0 Å². The highest BCUT2D eigenvalue weighted by atomic mass is 32.2. The SMILES string of the molecule is Cc1nc2ncccn2c1C(=O)NC1CCS(=O)(=O)CC1. The molecule has 2 aromatic heterocycles. The number of rotatable bonds is 2. The first-order valence-corrected chi connectivity index (χ1v) is 8.59. The van der Waals surface area contributed by atoms with E-state index >= 15 is 0 Å². The molecular formula is C13H16N4O3S. The topological polar surface area (TPSA) is 93.4 Å². The van der Waals surface area contributed by atoms with Gasteiger partial charge in [-0.15, -0.1) is 0 Å². The quantitative estimate of drug-likeness (QED) is 0.863. The third-order valence-corrected chi connectivity index (χ3v) is 5.40. The summed E-state index contributed by atoms with van der Waals surface area (Å²) in [5.74, 6) is 0.501. The second-order valence-electron chi connectivity index (χ2n) is 5.24. The molecule has 0 spiro atoms. The van der Waals surface area contributed by atoms with Crippen LogP contribution in [0.1, 0.15) is 29.0 Å². The predicted molar refractivity (Wildman–Crippen MR) is 76.9 cm³/mol. The second kappa shape index (κ2) is 5.10. The Morgan fingerprint density at radius 3 is 2.81 bits per heavy atom. The van der Waals surface area contributed by atoms with E-state index in [4.69, 9.17) is 0 Å². The molecule has 0 unspecified atom stereocenters. The van der Waals surface area contributed by atoms with Crippen LogP contribution in [0.4, 0.5) is 0 Å². The second-order valence-corrected chi connectivity index (χ2v) is 7.54.